The molecule has 0 unspecified atom stereocenters. The number of nitrogens with zero attached hydrogens (tertiary/aromatic N) is 1. The molecule has 0 saturated carbocycles. The summed E-state index contributed by atoms with van der Waals surface area (Å²) in [7, 11) is 0. The first-order valence-electron chi connectivity index (χ1n) is 2.73. The van der Waals surface area contributed by atoms with E-state index in [1.54, 1.807) is 0 Å². The number of nitrogens with two attached hydrogens (primary N) is 1. The van der Waals surface area contributed by atoms with Crippen LogP contribution in [0.4, 0.5) is 0 Å². The standard InChI is InChI=1S/C6H10N2O/c1-2-9-5-6(8)3-4-7/h3H,2,5,8H2,1H3. The molecule has 0 rings (SSSR count). The van der Waals surface area contributed by atoms with E-state index in [4.69, 9.17) is 15.7 Å². The molecule has 0 heterocycles. The van der Waals surface area contributed by atoms with Gasteiger partial charge in [0.25, 0.3) is 0 Å². The summed E-state index contributed by atoms with van der Waals surface area (Å²) in [5.41, 5.74) is 5.76. The van der Waals surface area contributed by atoms with Gasteiger partial charge in [0, 0.05) is 18.4 Å². The molecule has 9 heavy (non-hydrogen) atoms. The van der Waals surface area contributed by atoms with E-state index in [0.29, 0.717) is 18.9 Å². The lowest BCUT2D eigenvalue weighted by Crippen LogP contribution is -2.05. The summed E-state index contributed by atoms with van der Waals surface area (Å²) in [5.74, 6) is 0. The maximum atomic E-state index is 8.07. The summed E-state index contributed by atoms with van der Waals surface area (Å²) in [6, 6.07) is 1.81. The maximum absolute atomic E-state index is 8.07. The first kappa shape index (κ1) is 7.99. The van der Waals surface area contributed by atoms with Crippen LogP contribution in [0.25, 0.3) is 0 Å². The van der Waals surface area contributed by atoms with Crippen LogP contribution in [0.3, 0.4) is 0 Å². The van der Waals surface area contributed by atoms with Gasteiger partial charge in [-0.2, -0.15) is 5.26 Å². The third-order valence-electron chi connectivity index (χ3n) is 0.723. The molecule has 0 aromatic heterocycles. The van der Waals surface area contributed by atoms with Crippen molar-refractivity contribution >= 4 is 0 Å². The third-order valence-corrected chi connectivity index (χ3v) is 0.723. The van der Waals surface area contributed by atoms with E-state index in [9.17, 15) is 0 Å². The summed E-state index contributed by atoms with van der Waals surface area (Å²) in [5, 5.41) is 8.07. The summed E-state index contributed by atoms with van der Waals surface area (Å²) in [6.45, 7) is 2.85. The van der Waals surface area contributed by atoms with E-state index in [1.807, 2.05) is 13.0 Å². The number of ether oxygens (including phenoxy) is 1. The number of allylic oxidation sites excluding steroid dienone is 1. The molecule has 50 valence electrons. The second-order valence-electron chi connectivity index (χ2n) is 1.49. The molecule has 0 aliphatic heterocycles. The van der Waals surface area contributed by atoms with Crippen molar-refractivity contribution < 1.29 is 4.74 Å². The van der Waals surface area contributed by atoms with E-state index >= 15 is 0 Å². The van der Waals surface area contributed by atoms with Crippen LogP contribution in [0.15, 0.2) is 11.8 Å². The van der Waals surface area contributed by atoms with Crippen LogP contribution in [0, 0.1) is 11.3 Å². The number of hydrogen-bond acceptors (Lipinski definition) is 3. The van der Waals surface area contributed by atoms with Crippen LogP contribution in [-0.2, 0) is 4.74 Å². The van der Waals surface area contributed by atoms with Crippen molar-refractivity contribution in [2.75, 3.05) is 13.2 Å². The van der Waals surface area contributed by atoms with Crippen LogP contribution >= 0.6 is 0 Å². The zero-order valence-corrected chi connectivity index (χ0v) is 5.42. The molecular formula is C6H10N2O. The molecule has 3 heteroatoms. The average Bonchev–Trinajstić information content (AvgIpc) is 1.85. The fourth-order valence-corrected chi connectivity index (χ4v) is 0.344. The monoisotopic (exact) mass is 126 g/mol. The minimum atomic E-state index is 0.351. The van der Waals surface area contributed by atoms with Gasteiger partial charge in [0.1, 0.15) is 0 Å². The van der Waals surface area contributed by atoms with Gasteiger partial charge in [-0.05, 0) is 6.92 Å². The Bertz CT molecular complexity index is 134. The highest BCUT2D eigenvalue weighted by molar-refractivity contribution is 5.10. The van der Waals surface area contributed by atoms with Crippen molar-refractivity contribution in [2.45, 2.75) is 6.92 Å². The Labute approximate surface area is 54.7 Å². The van der Waals surface area contributed by atoms with Gasteiger partial charge in [0.2, 0.25) is 0 Å². The first-order valence-corrected chi connectivity index (χ1v) is 2.73. The topological polar surface area (TPSA) is 59.0 Å². The molecule has 0 aromatic carbocycles. The SMILES string of the molecule is CCOCC(N)=CC#N. The lowest BCUT2D eigenvalue weighted by atomic mass is 10.4. The largest absolute Gasteiger partial charge is 0.400 e. The highest BCUT2D eigenvalue weighted by atomic mass is 16.5. The summed E-state index contributed by atoms with van der Waals surface area (Å²) < 4.78 is 4.90. The number of rotatable bonds is 3. The molecule has 2 N–H and O–H groups in total. The minimum Gasteiger partial charge on any atom is -0.400 e. The molecule has 3 nitrogen and oxygen atoms in total. The normalized spacial score (nSPS) is 10.9. The molecule has 0 radical (unpaired) electrons. The van der Waals surface area contributed by atoms with E-state index in [2.05, 4.69) is 0 Å². The van der Waals surface area contributed by atoms with Gasteiger partial charge in [-0.3, -0.25) is 0 Å². The molecule has 0 atom stereocenters. The van der Waals surface area contributed by atoms with Gasteiger partial charge < -0.3 is 10.5 Å². The van der Waals surface area contributed by atoms with Crippen LogP contribution < -0.4 is 5.73 Å². The van der Waals surface area contributed by atoms with Crippen LogP contribution in [0.5, 0.6) is 0 Å². The summed E-state index contributed by atoms with van der Waals surface area (Å²) in [6.07, 6.45) is 1.27. The van der Waals surface area contributed by atoms with E-state index in [-0.39, 0.29) is 0 Å². The summed E-state index contributed by atoms with van der Waals surface area (Å²) >= 11 is 0. The number of nitriles is 1. The second kappa shape index (κ2) is 5.13. The Morgan fingerprint density at radius 2 is 2.56 bits per heavy atom. The molecular weight excluding hydrogens is 116 g/mol. The maximum Gasteiger partial charge on any atom is 0.0931 e. The van der Waals surface area contributed by atoms with Gasteiger partial charge in [0.15, 0.2) is 0 Å². The van der Waals surface area contributed by atoms with Gasteiger partial charge in [-0.25, -0.2) is 0 Å². The minimum absolute atomic E-state index is 0.351. The zero-order valence-electron chi connectivity index (χ0n) is 5.42. The Morgan fingerprint density at radius 1 is 1.89 bits per heavy atom. The van der Waals surface area contributed by atoms with Gasteiger partial charge in [0.05, 0.1) is 12.7 Å². The Hall–Kier alpha value is -1.01. The first-order chi connectivity index (χ1) is 4.31. The highest BCUT2D eigenvalue weighted by Crippen LogP contribution is 1.83. The molecule has 0 spiro atoms. The lowest BCUT2D eigenvalue weighted by molar-refractivity contribution is 0.170. The molecule has 0 aliphatic rings. The molecule has 0 saturated heterocycles. The van der Waals surface area contributed by atoms with Crippen molar-refractivity contribution in [3.8, 4) is 6.07 Å². The Kier molecular flexibility index (Phi) is 4.56. The Morgan fingerprint density at radius 3 is 3.00 bits per heavy atom. The van der Waals surface area contributed by atoms with Crippen LogP contribution in [0.1, 0.15) is 6.92 Å². The average molecular weight is 126 g/mol. The van der Waals surface area contributed by atoms with E-state index in [0.717, 1.165) is 0 Å². The van der Waals surface area contributed by atoms with Crippen molar-refractivity contribution in [1.29, 1.82) is 5.26 Å². The second-order valence-corrected chi connectivity index (χ2v) is 1.49. The molecule has 0 aromatic rings. The van der Waals surface area contributed by atoms with Crippen molar-refractivity contribution in [3.63, 3.8) is 0 Å². The molecule has 0 fully saturated rings. The van der Waals surface area contributed by atoms with Crippen molar-refractivity contribution in [3.05, 3.63) is 11.8 Å². The van der Waals surface area contributed by atoms with Gasteiger partial charge in [-0.15, -0.1) is 0 Å². The van der Waals surface area contributed by atoms with Gasteiger partial charge >= 0.3 is 0 Å². The van der Waals surface area contributed by atoms with E-state index in [1.165, 1.54) is 6.08 Å². The van der Waals surface area contributed by atoms with Crippen molar-refractivity contribution in [2.24, 2.45) is 5.73 Å². The predicted molar refractivity (Wildman–Crippen MR) is 34.4 cm³/mol. The summed E-state index contributed by atoms with van der Waals surface area (Å²) in [4.78, 5) is 0. The van der Waals surface area contributed by atoms with Gasteiger partial charge in [-0.1, -0.05) is 0 Å². The fraction of sp³-hybridized carbons (Fsp3) is 0.500. The Balaban J connectivity index is 3.40. The highest BCUT2D eigenvalue weighted by Gasteiger charge is 1.85. The lowest BCUT2D eigenvalue weighted by Gasteiger charge is -1.97. The van der Waals surface area contributed by atoms with E-state index < -0.39 is 0 Å². The van der Waals surface area contributed by atoms with Crippen LogP contribution in [0.2, 0.25) is 0 Å². The molecule has 0 aliphatic carbocycles. The fourth-order valence-electron chi connectivity index (χ4n) is 0.344. The predicted octanol–water partition coefficient (Wildman–Crippen LogP) is 0.389. The number of hydrogen-bond donors (Lipinski definition) is 1. The van der Waals surface area contributed by atoms with Crippen molar-refractivity contribution in [1.82, 2.24) is 0 Å². The zero-order chi connectivity index (χ0) is 7.11. The quantitative estimate of drug-likeness (QED) is 0.556. The molecule has 0 amide bonds. The smallest absolute Gasteiger partial charge is 0.0931 e. The van der Waals surface area contributed by atoms with Crippen LogP contribution in [-0.4, -0.2) is 13.2 Å². The third kappa shape index (κ3) is 4.85. The molecule has 0 bridgehead atoms.